The second-order valence-corrected chi connectivity index (χ2v) is 10.3. The Morgan fingerprint density at radius 3 is 1.97 bits per heavy atom. The van der Waals surface area contributed by atoms with E-state index in [1.807, 2.05) is 20.8 Å². The van der Waals surface area contributed by atoms with E-state index in [9.17, 15) is 18.0 Å². The number of nitrogens with one attached hydrogen (secondary N) is 3. The zero-order chi connectivity index (χ0) is 22.7. The molecule has 162 valence electrons. The van der Waals surface area contributed by atoms with E-state index in [1.165, 1.54) is 18.2 Å². The summed E-state index contributed by atoms with van der Waals surface area (Å²) >= 11 is 6.11. The summed E-state index contributed by atoms with van der Waals surface area (Å²) < 4.78 is 27.2. The Morgan fingerprint density at radius 2 is 1.47 bits per heavy atom. The second kappa shape index (κ2) is 9.16. The lowest BCUT2D eigenvalue weighted by Gasteiger charge is -2.17. The zero-order valence-electron chi connectivity index (χ0n) is 17.5. The summed E-state index contributed by atoms with van der Waals surface area (Å²) in [6.45, 7) is 8.84. The molecule has 2 amide bonds. The molecule has 2 aromatic carbocycles. The van der Waals surface area contributed by atoms with E-state index in [1.54, 1.807) is 38.1 Å². The van der Waals surface area contributed by atoms with Gasteiger partial charge < -0.3 is 10.6 Å². The summed E-state index contributed by atoms with van der Waals surface area (Å²) in [7, 11) is -3.76. The molecule has 0 saturated heterocycles. The molecule has 0 aliphatic carbocycles. The molecule has 7 nitrogen and oxygen atoms in total. The summed E-state index contributed by atoms with van der Waals surface area (Å²) in [5.41, 5.74) is 0.574. The van der Waals surface area contributed by atoms with E-state index in [0.717, 1.165) is 0 Å². The molecule has 0 atom stereocenters. The van der Waals surface area contributed by atoms with Gasteiger partial charge in [0.1, 0.15) is 0 Å². The van der Waals surface area contributed by atoms with Crippen molar-refractivity contribution in [2.75, 3.05) is 10.6 Å². The van der Waals surface area contributed by atoms with Crippen molar-refractivity contribution in [3.63, 3.8) is 0 Å². The highest BCUT2D eigenvalue weighted by molar-refractivity contribution is 7.89. The maximum absolute atomic E-state index is 12.6. The molecule has 2 rings (SSSR count). The molecule has 30 heavy (non-hydrogen) atoms. The van der Waals surface area contributed by atoms with Gasteiger partial charge in [-0.25, -0.2) is 13.1 Å². The Kier molecular flexibility index (Phi) is 7.28. The molecule has 0 aromatic heterocycles. The lowest BCUT2D eigenvalue weighted by Crippen LogP contribution is -2.30. The van der Waals surface area contributed by atoms with Crippen molar-refractivity contribution in [2.45, 2.75) is 45.6 Å². The van der Waals surface area contributed by atoms with Crippen LogP contribution in [0.15, 0.2) is 47.4 Å². The number of hydrogen-bond acceptors (Lipinski definition) is 4. The normalized spacial score (nSPS) is 12.0. The number of benzene rings is 2. The van der Waals surface area contributed by atoms with Crippen molar-refractivity contribution >= 4 is 44.8 Å². The Balaban J connectivity index is 2.18. The minimum absolute atomic E-state index is 0.0356. The molecule has 0 heterocycles. The van der Waals surface area contributed by atoms with Crippen LogP contribution >= 0.6 is 11.6 Å². The van der Waals surface area contributed by atoms with Crippen LogP contribution in [0.3, 0.4) is 0 Å². The number of carbonyl (C=O) groups excluding carboxylic acids is 2. The van der Waals surface area contributed by atoms with Crippen molar-refractivity contribution in [3.05, 3.63) is 53.1 Å². The lowest BCUT2D eigenvalue weighted by molar-refractivity contribution is -0.123. The van der Waals surface area contributed by atoms with Crippen LogP contribution in [0.1, 0.15) is 45.0 Å². The van der Waals surface area contributed by atoms with Crippen molar-refractivity contribution < 1.29 is 18.0 Å². The van der Waals surface area contributed by atoms with Gasteiger partial charge in [0, 0.05) is 22.8 Å². The topological polar surface area (TPSA) is 104 Å². The van der Waals surface area contributed by atoms with Crippen LogP contribution in [0.2, 0.25) is 5.02 Å². The monoisotopic (exact) mass is 451 g/mol. The maximum atomic E-state index is 12.6. The van der Waals surface area contributed by atoms with E-state index in [4.69, 9.17) is 11.6 Å². The number of carbonyl (C=O) groups is 2. The number of halogens is 1. The van der Waals surface area contributed by atoms with Crippen molar-refractivity contribution in [3.8, 4) is 0 Å². The van der Waals surface area contributed by atoms with Gasteiger partial charge in [-0.15, -0.1) is 0 Å². The number of anilines is 2. The van der Waals surface area contributed by atoms with Crippen LogP contribution in [0.25, 0.3) is 0 Å². The van der Waals surface area contributed by atoms with Gasteiger partial charge in [0.25, 0.3) is 5.91 Å². The SMILES string of the molecule is CC(C)NS(=O)(=O)c1ccc(Cl)c(C(=O)Nc2ccc(NC(=O)C(C)(C)C)cc2)c1. The second-order valence-electron chi connectivity index (χ2n) is 8.15. The number of hydrogen-bond donors (Lipinski definition) is 3. The van der Waals surface area contributed by atoms with Gasteiger partial charge in [0.15, 0.2) is 0 Å². The Labute approximate surface area is 182 Å². The van der Waals surface area contributed by atoms with Crippen LogP contribution in [0.5, 0.6) is 0 Å². The third-order valence-electron chi connectivity index (χ3n) is 3.97. The number of amides is 2. The van der Waals surface area contributed by atoms with Gasteiger partial charge in [-0.3, -0.25) is 9.59 Å². The lowest BCUT2D eigenvalue weighted by atomic mass is 9.95. The molecule has 0 fully saturated rings. The van der Waals surface area contributed by atoms with Gasteiger partial charge in [-0.2, -0.15) is 0 Å². The van der Waals surface area contributed by atoms with E-state index in [2.05, 4.69) is 15.4 Å². The van der Waals surface area contributed by atoms with Gasteiger partial charge in [-0.1, -0.05) is 32.4 Å². The minimum Gasteiger partial charge on any atom is -0.326 e. The predicted octanol–water partition coefficient (Wildman–Crippen LogP) is 4.26. The summed E-state index contributed by atoms with van der Waals surface area (Å²) in [5.74, 6) is -0.674. The van der Waals surface area contributed by atoms with E-state index < -0.39 is 21.3 Å². The Hall–Kier alpha value is -2.42. The molecule has 0 bridgehead atoms. The highest BCUT2D eigenvalue weighted by Gasteiger charge is 2.22. The quantitative estimate of drug-likeness (QED) is 0.610. The fourth-order valence-corrected chi connectivity index (χ4v) is 3.86. The molecule has 3 N–H and O–H groups in total. The standard InChI is InChI=1S/C21H26ClN3O4S/c1-13(2)25-30(28,29)16-10-11-18(22)17(12-16)19(26)23-14-6-8-15(9-7-14)24-20(27)21(3,4)5/h6-13,25H,1-5H3,(H,23,26)(H,24,27). The molecule has 0 unspecified atom stereocenters. The van der Waals surface area contributed by atoms with E-state index in [-0.39, 0.29) is 27.4 Å². The largest absolute Gasteiger partial charge is 0.326 e. The summed E-state index contributed by atoms with van der Waals surface area (Å²) in [5, 5.41) is 5.60. The van der Waals surface area contributed by atoms with Crippen LogP contribution in [-0.2, 0) is 14.8 Å². The minimum atomic E-state index is -3.76. The van der Waals surface area contributed by atoms with Crippen molar-refractivity contribution in [2.24, 2.45) is 5.41 Å². The van der Waals surface area contributed by atoms with Gasteiger partial charge in [0.05, 0.1) is 15.5 Å². The zero-order valence-corrected chi connectivity index (χ0v) is 19.1. The molecular weight excluding hydrogens is 426 g/mol. The molecule has 0 spiro atoms. The van der Waals surface area contributed by atoms with Gasteiger partial charge in [-0.05, 0) is 56.3 Å². The van der Waals surface area contributed by atoms with Crippen LogP contribution in [0, 0.1) is 5.41 Å². The first-order chi connectivity index (χ1) is 13.8. The predicted molar refractivity (Wildman–Crippen MR) is 119 cm³/mol. The highest BCUT2D eigenvalue weighted by Crippen LogP contribution is 2.23. The van der Waals surface area contributed by atoms with Gasteiger partial charge in [0.2, 0.25) is 15.9 Å². The first-order valence-corrected chi connectivity index (χ1v) is 11.2. The van der Waals surface area contributed by atoms with Crippen LogP contribution in [-0.4, -0.2) is 26.3 Å². The Morgan fingerprint density at radius 1 is 0.933 bits per heavy atom. The fourth-order valence-electron chi connectivity index (χ4n) is 2.38. The molecular formula is C21H26ClN3O4S. The van der Waals surface area contributed by atoms with Crippen LogP contribution < -0.4 is 15.4 Å². The fraction of sp³-hybridized carbons (Fsp3) is 0.333. The third-order valence-corrected chi connectivity index (χ3v) is 5.95. The third kappa shape index (κ3) is 6.29. The first-order valence-electron chi connectivity index (χ1n) is 9.34. The number of rotatable bonds is 6. The molecule has 2 aromatic rings. The molecule has 0 aliphatic rings. The number of sulfonamides is 1. The molecule has 0 saturated carbocycles. The first kappa shape index (κ1) is 23.9. The molecule has 0 aliphatic heterocycles. The molecule has 0 radical (unpaired) electrons. The average Bonchev–Trinajstić information content (AvgIpc) is 2.61. The van der Waals surface area contributed by atoms with Crippen molar-refractivity contribution in [1.29, 1.82) is 0 Å². The van der Waals surface area contributed by atoms with Crippen LogP contribution in [0.4, 0.5) is 11.4 Å². The van der Waals surface area contributed by atoms with E-state index >= 15 is 0 Å². The average molecular weight is 452 g/mol. The summed E-state index contributed by atoms with van der Waals surface area (Å²) in [4.78, 5) is 24.6. The maximum Gasteiger partial charge on any atom is 0.257 e. The summed E-state index contributed by atoms with van der Waals surface area (Å²) in [6.07, 6.45) is 0. The summed E-state index contributed by atoms with van der Waals surface area (Å²) in [6, 6.07) is 10.2. The Bertz CT molecular complexity index is 1040. The van der Waals surface area contributed by atoms with E-state index in [0.29, 0.717) is 11.4 Å². The smallest absolute Gasteiger partial charge is 0.257 e. The van der Waals surface area contributed by atoms with Crippen molar-refractivity contribution in [1.82, 2.24) is 4.72 Å². The van der Waals surface area contributed by atoms with Gasteiger partial charge >= 0.3 is 0 Å². The highest BCUT2D eigenvalue weighted by atomic mass is 35.5. The molecule has 9 heteroatoms.